The van der Waals surface area contributed by atoms with Crippen molar-refractivity contribution in [2.75, 3.05) is 11.9 Å². The van der Waals surface area contributed by atoms with Gasteiger partial charge in [0.2, 0.25) is 5.95 Å². The fraction of sp³-hybridized carbons (Fsp3) is 0.250. The summed E-state index contributed by atoms with van der Waals surface area (Å²) < 4.78 is 23.5. The Morgan fingerprint density at radius 1 is 1.07 bits per heavy atom. The Kier molecular flexibility index (Phi) is 5.53. The average Bonchev–Trinajstić information content (AvgIpc) is 3.63. The maximum Gasteiger partial charge on any atom is 0.469 e. The first-order chi connectivity index (χ1) is 20.2. The normalized spacial score (nSPS) is 24.1. The van der Waals surface area contributed by atoms with Gasteiger partial charge in [-0.15, -0.1) is 0 Å². The van der Waals surface area contributed by atoms with Gasteiger partial charge in [0.05, 0.1) is 19.0 Å². The summed E-state index contributed by atoms with van der Waals surface area (Å²) in [5.74, 6) is 0.0975. The third-order valence-corrected chi connectivity index (χ3v) is 8.87. The fourth-order valence-electron chi connectivity index (χ4n) is 6.58. The Morgan fingerprint density at radius 2 is 1.83 bits per heavy atom. The second-order valence-electron chi connectivity index (χ2n) is 10.7. The molecule has 0 amide bonds. The molecule has 5 atom stereocenters. The number of nitrogens with one attached hydrogen (secondary N) is 2. The molecule has 214 valence electrons. The van der Waals surface area contributed by atoms with Gasteiger partial charge in [-0.1, -0.05) is 42.5 Å². The largest absolute Gasteiger partial charge is 0.469 e. The van der Waals surface area contributed by atoms with Crippen molar-refractivity contribution in [2.45, 2.75) is 37.0 Å². The molecule has 1 saturated heterocycles. The zero-order valence-electron chi connectivity index (χ0n) is 21.7. The molecule has 0 radical (unpaired) electrons. The van der Waals surface area contributed by atoms with Crippen LogP contribution in [0.5, 0.6) is 0 Å². The van der Waals surface area contributed by atoms with Crippen LogP contribution in [0.25, 0.3) is 43.5 Å². The third kappa shape index (κ3) is 3.80. The Labute approximate surface area is 235 Å². The van der Waals surface area contributed by atoms with E-state index in [1.165, 1.54) is 10.9 Å². The van der Waals surface area contributed by atoms with Crippen molar-refractivity contribution in [1.82, 2.24) is 19.5 Å². The minimum Gasteiger partial charge on any atom is -0.394 e. The van der Waals surface area contributed by atoms with E-state index in [2.05, 4.69) is 38.5 Å². The van der Waals surface area contributed by atoms with Gasteiger partial charge in [-0.3, -0.25) is 18.9 Å². The van der Waals surface area contributed by atoms with Crippen molar-refractivity contribution in [3.05, 3.63) is 76.3 Å². The van der Waals surface area contributed by atoms with Gasteiger partial charge in [-0.25, -0.2) is 9.55 Å². The fourth-order valence-corrected chi connectivity index (χ4v) is 7.16. The molecule has 1 fully saturated rings. The average molecular weight is 590 g/mol. The molecule has 42 heavy (non-hydrogen) atoms. The highest BCUT2D eigenvalue weighted by Crippen LogP contribution is 2.50. The van der Waals surface area contributed by atoms with E-state index in [1.807, 2.05) is 30.3 Å². The number of hydrogen-bond donors (Lipinski definition) is 6. The summed E-state index contributed by atoms with van der Waals surface area (Å²) in [6.45, 7) is -0.533. The van der Waals surface area contributed by atoms with E-state index in [-0.39, 0.29) is 23.5 Å². The van der Waals surface area contributed by atoms with Gasteiger partial charge in [0.15, 0.2) is 11.2 Å². The molecule has 13 nitrogen and oxygen atoms in total. The molecule has 6 N–H and O–H groups in total. The summed E-state index contributed by atoms with van der Waals surface area (Å²) in [5.41, 5.74) is 1.32. The summed E-state index contributed by atoms with van der Waals surface area (Å²) in [4.78, 5) is 43.0. The van der Waals surface area contributed by atoms with Gasteiger partial charge in [0.25, 0.3) is 5.56 Å². The first-order valence-corrected chi connectivity index (χ1v) is 14.9. The number of aliphatic hydroxyl groups is 2. The first-order valence-electron chi connectivity index (χ1n) is 13.3. The lowest BCUT2D eigenvalue weighted by Crippen LogP contribution is -2.26. The highest BCUT2D eigenvalue weighted by molar-refractivity contribution is 7.46. The number of H-pyrrole nitrogens is 1. The Hall–Kier alpha value is -3.94. The molecule has 4 aromatic carbocycles. The van der Waals surface area contributed by atoms with E-state index < -0.39 is 50.6 Å². The van der Waals surface area contributed by atoms with Crippen molar-refractivity contribution in [3.63, 3.8) is 0 Å². The quantitative estimate of drug-likeness (QED) is 0.124. The Balaban J connectivity index is 1.18. The Morgan fingerprint density at radius 3 is 2.62 bits per heavy atom. The molecule has 1 aliphatic heterocycles. The molecule has 2 aliphatic rings. The topological polar surface area (TPSA) is 192 Å². The van der Waals surface area contributed by atoms with Crippen LogP contribution in [0, 0.1) is 0 Å². The van der Waals surface area contributed by atoms with Crippen molar-refractivity contribution >= 4 is 57.3 Å². The number of rotatable bonds is 6. The van der Waals surface area contributed by atoms with Crippen LogP contribution in [-0.4, -0.2) is 58.3 Å². The van der Waals surface area contributed by atoms with E-state index in [0.29, 0.717) is 0 Å². The number of aromatic nitrogens is 4. The van der Waals surface area contributed by atoms with E-state index in [9.17, 15) is 29.4 Å². The molecule has 0 saturated carbocycles. The van der Waals surface area contributed by atoms with Gasteiger partial charge in [0, 0.05) is 6.42 Å². The van der Waals surface area contributed by atoms with Crippen LogP contribution in [0.2, 0.25) is 0 Å². The zero-order chi connectivity index (χ0) is 28.9. The lowest BCUT2D eigenvalue weighted by atomic mass is 9.91. The number of phosphoric ester groups is 1. The van der Waals surface area contributed by atoms with Crippen LogP contribution in [0.1, 0.15) is 35.9 Å². The first kappa shape index (κ1) is 25.7. The summed E-state index contributed by atoms with van der Waals surface area (Å²) in [5, 5.41) is 30.9. The predicted molar refractivity (Wildman–Crippen MR) is 152 cm³/mol. The molecular formula is C28H24N5O8P. The minimum absolute atomic E-state index is 0.0238. The van der Waals surface area contributed by atoms with Crippen LogP contribution < -0.4 is 10.9 Å². The third-order valence-electron chi connectivity index (χ3n) is 8.33. The molecular weight excluding hydrogens is 565 g/mol. The molecule has 8 rings (SSSR count). The smallest absolute Gasteiger partial charge is 0.394 e. The number of benzene rings is 4. The number of fused-ring (bicyclic) bond motifs is 1. The van der Waals surface area contributed by atoms with Crippen molar-refractivity contribution in [3.8, 4) is 0 Å². The second-order valence-corrected chi connectivity index (χ2v) is 11.9. The van der Waals surface area contributed by atoms with Crippen molar-refractivity contribution < 1.29 is 33.8 Å². The van der Waals surface area contributed by atoms with E-state index >= 15 is 0 Å². The number of aromatic amines is 1. The molecule has 2 aromatic heterocycles. The minimum atomic E-state index is -4.84. The van der Waals surface area contributed by atoms with E-state index in [1.54, 1.807) is 0 Å². The van der Waals surface area contributed by atoms with Crippen LogP contribution in [0.15, 0.2) is 59.7 Å². The van der Waals surface area contributed by atoms with Crippen LogP contribution >= 0.6 is 7.82 Å². The van der Waals surface area contributed by atoms with Crippen LogP contribution in [-0.2, 0) is 13.8 Å². The molecule has 0 bridgehead atoms. The van der Waals surface area contributed by atoms with Crippen LogP contribution in [0.4, 0.5) is 5.95 Å². The highest BCUT2D eigenvalue weighted by atomic mass is 31.2. The standard InChI is InChI=1S/C28H24N5O8P/c34-10-18-17(41-42(37,38)39)9-19(40-18)33-11-29-24-26(33)31-28(32-27(24)36)30-23-15-7-6-13-5-4-12-2-1-3-14-8-16(25(23)35)22(15)21(13)20(12)14/h1-8,11,17-19,23,25,34-35H,9-10H2,(H2,37,38,39)(H2,30,31,32,36)/t17-,18+,19+,23-,25-/m0/s1. The second kappa shape index (κ2) is 9.03. The van der Waals surface area contributed by atoms with Crippen molar-refractivity contribution in [1.29, 1.82) is 0 Å². The van der Waals surface area contributed by atoms with E-state index in [0.717, 1.165) is 43.4 Å². The highest BCUT2D eigenvalue weighted by Gasteiger charge is 2.41. The summed E-state index contributed by atoms with van der Waals surface area (Å²) in [6.07, 6.45) is -2.56. The number of imidazole rings is 1. The maximum atomic E-state index is 13.0. The molecule has 0 spiro atoms. The summed E-state index contributed by atoms with van der Waals surface area (Å²) in [7, 11) is -4.84. The van der Waals surface area contributed by atoms with E-state index in [4.69, 9.17) is 9.26 Å². The number of anilines is 1. The lowest BCUT2D eigenvalue weighted by Gasteiger charge is -2.19. The van der Waals surface area contributed by atoms with Gasteiger partial charge >= 0.3 is 7.82 Å². The van der Waals surface area contributed by atoms with Crippen LogP contribution in [0.3, 0.4) is 0 Å². The zero-order valence-corrected chi connectivity index (χ0v) is 22.6. The summed E-state index contributed by atoms with van der Waals surface area (Å²) in [6, 6.07) is 15.7. The number of phosphoric acid groups is 1. The molecule has 0 unspecified atom stereocenters. The maximum absolute atomic E-state index is 13.0. The van der Waals surface area contributed by atoms with Gasteiger partial charge in [-0.2, -0.15) is 4.98 Å². The number of ether oxygens (including phenoxy) is 1. The summed E-state index contributed by atoms with van der Waals surface area (Å²) >= 11 is 0. The number of nitrogens with zero attached hydrogens (tertiary/aromatic N) is 3. The molecule has 1 aliphatic carbocycles. The molecule has 6 aromatic rings. The Bertz CT molecular complexity index is 2140. The van der Waals surface area contributed by atoms with Gasteiger partial charge < -0.3 is 30.1 Å². The monoisotopic (exact) mass is 589 g/mol. The van der Waals surface area contributed by atoms with Crippen molar-refractivity contribution in [2.24, 2.45) is 0 Å². The lowest BCUT2D eigenvalue weighted by molar-refractivity contribution is -0.0425. The van der Waals surface area contributed by atoms with Gasteiger partial charge in [-0.05, 0) is 49.5 Å². The predicted octanol–water partition coefficient (Wildman–Crippen LogP) is 2.97. The number of aliphatic hydroxyl groups excluding tert-OH is 2. The number of hydrogen-bond acceptors (Lipinski definition) is 9. The van der Waals surface area contributed by atoms with Gasteiger partial charge in [0.1, 0.15) is 24.5 Å². The molecule has 3 heterocycles. The SMILES string of the molecule is O=c1[nH]c(N[C@H]2c3ccc4ccc5cccc6cc(c3c4c56)[C@@H]2O)nc2c1ncn2[C@H]1C[C@H](OP(=O)(O)O)[C@@H](CO)O1. The molecule has 14 heteroatoms.